The van der Waals surface area contributed by atoms with E-state index in [-0.39, 0.29) is 54.9 Å². The number of piperazine rings is 2. The zero-order valence-electron chi connectivity index (χ0n) is 23.4. The number of nitrogens with zero attached hydrogens (tertiary/aromatic N) is 4. The van der Waals surface area contributed by atoms with Crippen LogP contribution in [0.4, 0.5) is 33.7 Å². The first-order valence-corrected chi connectivity index (χ1v) is 14.9. The number of sulfonamides is 1. The van der Waals surface area contributed by atoms with Gasteiger partial charge in [0.1, 0.15) is 22.9 Å². The summed E-state index contributed by atoms with van der Waals surface area (Å²) in [6.45, 7) is 6.56. The van der Waals surface area contributed by atoms with Gasteiger partial charge in [-0.25, -0.2) is 17.6 Å². The molecule has 2 aromatic carbocycles. The summed E-state index contributed by atoms with van der Waals surface area (Å²) in [7, 11) is -4.17. The minimum atomic E-state index is -4.79. The molecular formula is C27H31ClF4N4O5S. The number of hydrogen-bond donors (Lipinski definition) is 0. The predicted molar refractivity (Wildman–Crippen MR) is 149 cm³/mol. The zero-order chi connectivity index (χ0) is 31.2. The van der Waals surface area contributed by atoms with Gasteiger partial charge in [0, 0.05) is 50.1 Å². The Hall–Kier alpha value is -3.10. The van der Waals surface area contributed by atoms with E-state index >= 15 is 0 Å². The first-order chi connectivity index (χ1) is 19.4. The maximum atomic E-state index is 13.6. The second-order valence-electron chi connectivity index (χ2n) is 11.1. The lowest BCUT2D eigenvalue weighted by molar-refractivity contribution is -0.137. The summed E-state index contributed by atoms with van der Waals surface area (Å²) in [5.74, 6) is -1.42. The molecule has 230 valence electrons. The van der Waals surface area contributed by atoms with Crippen LogP contribution in [0.3, 0.4) is 0 Å². The van der Waals surface area contributed by atoms with Crippen LogP contribution in [-0.2, 0) is 25.7 Å². The van der Waals surface area contributed by atoms with Gasteiger partial charge in [0.15, 0.2) is 0 Å². The van der Waals surface area contributed by atoms with Crippen LogP contribution in [0.15, 0.2) is 41.3 Å². The fourth-order valence-corrected chi connectivity index (χ4v) is 7.08. The second-order valence-corrected chi connectivity index (χ2v) is 13.4. The second kappa shape index (κ2) is 11.5. The van der Waals surface area contributed by atoms with Crippen molar-refractivity contribution in [2.75, 3.05) is 49.1 Å². The molecule has 0 aromatic heterocycles. The Morgan fingerprint density at radius 3 is 2.29 bits per heavy atom. The lowest BCUT2D eigenvalue weighted by atomic mass is 10.1. The minimum Gasteiger partial charge on any atom is -0.444 e. The van der Waals surface area contributed by atoms with E-state index < -0.39 is 51.2 Å². The highest BCUT2D eigenvalue weighted by molar-refractivity contribution is 7.89. The summed E-state index contributed by atoms with van der Waals surface area (Å²) in [6.07, 6.45) is -5.40. The van der Waals surface area contributed by atoms with Crippen molar-refractivity contribution in [1.82, 2.24) is 9.21 Å². The van der Waals surface area contributed by atoms with Crippen LogP contribution >= 0.6 is 11.6 Å². The topological polar surface area (TPSA) is 90.5 Å². The molecule has 0 spiro atoms. The van der Waals surface area contributed by atoms with E-state index in [1.807, 2.05) is 0 Å². The summed E-state index contributed by atoms with van der Waals surface area (Å²) in [5, 5.41) is -0.137. The number of benzene rings is 2. The molecule has 2 aliphatic rings. The van der Waals surface area contributed by atoms with Gasteiger partial charge in [0.05, 0.1) is 10.6 Å². The third kappa shape index (κ3) is 6.76. The van der Waals surface area contributed by atoms with Gasteiger partial charge in [0.25, 0.3) is 0 Å². The van der Waals surface area contributed by atoms with Crippen LogP contribution in [0.25, 0.3) is 0 Å². The summed E-state index contributed by atoms with van der Waals surface area (Å²) in [5.41, 5.74) is -1.73. The van der Waals surface area contributed by atoms with Crippen molar-refractivity contribution in [2.45, 2.75) is 50.4 Å². The van der Waals surface area contributed by atoms with Crippen LogP contribution in [0, 0.1) is 5.82 Å². The van der Waals surface area contributed by atoms with Crippen LogP contribution < -0.4 is 9.80 Å². The van der Waals surface area contributed by atoms with E-state index in [1.165, 1.54) is 32.9 Å². The summed E-state index contributed by atoms with van der Waals surface area (Å²) < 4.78 is 87.9. The summed E-state index contributed by atoms with van der Waals surface area (Å²) in [6, 6.07) is 5.72. The first-order valence-electron chi connectivity index (χ1n) is 13.1. The summed E-state index contributed by atoms with van der Waals surface area (Å²) in [4.78, 5) is 29.0. The normalized spacial score (nSPS) is 19.3. The third-order valence-corrected chi connectivity index (χ3v) is 9.35. The van der Waals surface area contributed by atoms with Crippen LogP contribution in [0.2, 0.25) is 5.02 Å². The van der Waals surface area contributed by atoms with Gasteiger partial charge < -0.3 is 14.5 Å². The fourth-order valence-electron chi connectivity index (χ4n) is 4.95. The SMILES string of the molecule is C[C@@H]1CN(c2ccc(F)cc2C(F)(F)F)CCN1S(=O)(=O)c1ccc(N2CCN(C(=O)OC(C)(C)C)CC2=O)cc1Cl. The zero-order valence-corrected chi connectivity index (χ0v) is 25.0. The molecule has 2 aliphatic heterocycles. The smallest absolute Gasteiger partial charge is 0.418 e. The van der Waals surface area contributed by atoms with Gasteiger partial charge in [-0.15, -0.1) is 0 Å². The van der Waals surface area contributed by atoms with Gasteiger partial charge in [-0.1, -0.05) is 11.6 Å². The van der Waals surface area contributed by atoms with E-state index in [0.29, 0.717) is 11.8 Å². The number of amides is 2. The molecule has 0 unspecified atom stereocenters. The highest BCUT2D eigenvalue weighted by atomic mass is 35.5. The van der Waals surface area contributed by atoms with Gasteiger partial charge in [-0.05, 0) is 64.1 Å². The number of alkyl halides is 3. The minimum absolute atomic E-state index is 0.0651. The van der Waals surface area contributed by atoms with Crippen molar-refractivity contribution in [3.63, 3.8) is 0 Å². The Kier molecular flexibility index (Phi) is 8.74. The Morgan fingerprint density at radius 1 is 1.02 bits per heavy atom. The highest BCUT2D eigenvalue weighted by Gasteiger charge is 2.40. The molecular weight excluding hydrogens is 604 g/mol. The number of carbonyl (C=O) groups excluding carboxylic acids is 2. The van der Waals surface area contributed by atoms with Crippen molar-refractivity contribution < 1.29 is 40.3 Å². The van der Waals surface area contributed by atoms with Gasteiger partial charge >= 0.3 is 12.3 Å². The molecule has 2 amide bonds. The third-order valence-electron chi connectivity index (χ3n) is 6.86. The maximum absolute atomic E-state index is 13.6. The maximum Gasteiger partial charge on any atom is 0.418 e. The van der Waals surface area contributed by atoms with E-state index in [9.17, 15) is 35.6 Å². The van der Waals surface area contributed by atoms with E-state index in [2.05, 4.69) is 0 Å². The van der Waals surface area contributed by atoms with Crippen molar-refractivity contribution in [3.8, 4) is 0 Å². The molecule has 2 aromatic rings. The Balaban J connectivity index is 1.48. The number of halogens is 5. The molecule has 0 saturated carbocycles. The van der Waals surface area contributed by atoms with E-state index in [4.69, 9.17) is 16.3 Å². The molecule has 0 bridgehead atoms. The number of carbonyl (C=O) groups is 2. The van der Waals surface area contributed by atoms with Crippen molar-refractivity contribution in [2.24, 2.45) is 0 Å². The Morgan fingerprint density at radius 2 is 1.71 bits per heavy atom. The molecule has 15 heteroatoms. The standard InChI is InChI=1S/C27H31ClF4N4O5S/c1-17-15-33(22-7-5-18(29)13-20(22)27(30,31)32)10-12-36(17)42(39,40)23-8-6-19(14-21(23)28)35-11-9-34(16-24(35)37)25(38)41-26(2,3)4/h5-8,13-14,17H,9-12,15-16H2,1-4H3/t17-/m1/s1. The van der Waals surface area contributed by atoms with Crippen LogP contribution in [0.5, 0.6) is 0 Å². The predicted octanol–water partition coefficient (Wildman–Crippen LogP) is 4.98. The molecule has 2 saturated heterocycles. The van der Waals surface area contributed by atoms with Crippen molar-refractivity contribution in [1.29, 1.82) is 0 Å². The number of ether oxygens (including phenoxy) is 1. The first kappa shape index (κ1) is 31.8. The quantitative estimate of drug-likeness (QED) is 0.441. The summed E-state index contributed by atoms with van der Waals surface area (Å²) >= 11 is 6.41. The lowest BCUT2D eigenvalue weighted by Crippen LogP contribution is -2.54. The molecule has 0 radical (unpaired) electrons. The number of hydrogen-bond acceptors (Lipinski definition) is 6. The fraction of sp³-hybridized carbons (Fsp3) is 0.481. The number of rotatable bonds is 4. The molecule has 9 nitrogen and oxygen atoms in total. The highest BCUT2D eigenvalue weighted by Crippen LogP contribution is 2.39. The van der Waals surface area contributed by atoms with Gasteiger partial charge in [-0.3, -0.25) is 9.69 Å². The van der Waals surface area contributed by atoms with Crippen molar-refractivity contribution >= 4 is 45.0 Å². The lowest BCUT2D eigenvalue weighted by Gasteiger charge is -2.41. The Bertz CT molecular complexity index is 1480. The average molecular weight is 635 g/mol. The average Bonchev–Trinajstić information content (AvgIpc) is 2.86. The molecule has 2 fully saturated rings. The van der Waals surface area contributed by atoms with Crippen LogP contribution in [-0.4, -0.2) is 80.5 Å². The molecule has 4 rings (SSSR count). The molecule has 1 atom stereocenters. The van der Waals surface area contributed by atoms with Gasteiger partial charge in [0.2, 0.25) is 15.9 Å². The molecule has 42 heavy (non-hydrogen) atoms. The molecule has 2 heterocycles. The molecule has 0 N–H and O–H groups in total. The van der Waals surface area contributed by atoms with Crippen LogP contribution in [0.1, 0.15) is 33.3 Å². The largest absolute Gasteiger partial charge is 0.444 e. The Labute approximate surface area is 246 Å². The van der Waals surface area contributed by atoms with E-state index in [0.717, 1.165) is 16.4 Å². The molecule has 0 aliphatic carbocycles. The van der Waals surface area contributed by atoms with E-state index in [1.54, 1.807) is 27.7 Å². The monoisotopic (exact) mass is 634 g/mol. The van der Waals surface area contributed by atoms with Crippen molar-refractivity contribution in [3.05, 3.63) is 52.8 Å². The number of anilines is 2. The van der Waals surface area contributed by atoms with Gasteiger partial charge in [-0.2, -0.15) is 17.5 Å².